The number of rotatable bonds is 5. The van der Waals surface area contributed by atoms with Crippen LogP contribution in [-0.4, -0.2) is 47.0 Å². The number of amides is 1. The number of ether oxygens (including phenoxy) is 2. The van der Waals surface area contributed by atoms with Crippen molar-refractivity contribution in [3.8, 4) is 0 Å². The maximum atomic E-state index is 12.2. The van der Waals surface area contributed by atoms with Crippen molar-refractivity contribution in [3.05, 3.63) is 0 Å². The second-order valence-corrected chi connectivity index (χ2v) is 5.98. The van der Waals surface area contributed by atoms with Crippen LogP contribution in [0.25, 0.3) is 0 Å². The van der Waals surface area contributed by atoms with Gasteiger partial charge in [-0.05, 0) is 33.6 Å². The van der Waals surface area contributed by atoms with E-state index in [-0.39, 0.29) is 24.9 Å². The summed E-state index contributed by atoms with van der Waals surface area (Å²) >= 11 is 0. The van der Waals surface area contributed by atoms with Gasteiger partial charge >= 0.3 is 12.1 Å². The molecule has 1 N–H and O–H groups in total. The molecule has 0 aliphatic rings. The molecule has 0 aliphatic carbocycles. The van der Waals surface area contributed by atoms with Gasteiger partial charge in [-0.1, -0.05) is 13.8 Å². The molecule has 1 atom stereocenters. The monoisotopic (exact) mass is 311 g/mol. The Morgan fingerprint density at radius 1 is 1.20 bits per heavy atom. The van der Waals surface area contributed by atoms with Crippen LogP contribution in [0, 0.1) is 5.92 Å². The van der Waals surface area contributed by atoms with E-state index in [0.717, 1.165) is 4.90 Å². The predicted octanol–water partition coefficient (Wildman–Crippen LogP) is 2.75. The molecule has 0 bridgehead atoms. The number of carboxylic acid groups (broad SMARTS) is 1. The third kappa shape index (κ3) is 5.96. The molecule has 20 heavy (non-hydrogen) atoms. The molecule has 7 heteroatoms. The van der Waals surface area contributed by atoms with Crippen LogP contribution < -0.4 is 0 Å². The largest absolute Gasteiger partial charge is 0.478 e. The number of nitrogens with zero attached hydrogens (tertiary/aromatic N) is 1. The number of hydrogen-bond donors (Lipinski definition) is 1. The zero-order valence-corrected chi connectivity index (χ0v) is 14.0. The lowest BCUT2D eigenvalue weighted by Gasteiger charge is -2.38. The Labute approximate surface area is 126 Å². The zero-order valence-electron chi connectivity index (χ0n) is 13.2. The summed E-state index contributed by atoms with van der Waals surface area (Å²) < 4.78 is 10.3. The Morgan fingerprint density at radius 2 is 1.65 bits per heavy atom. The van der Waals surface area contributed by atoms with Gasteiger partial charge in [0.2, 0.25) is 5.72 Å². The van der Waals surface area contributed by atoms with Gasteiger partial charge in [0.05, 0.1) is 0 Å². The van der Waals surface area contributed by atoms with Crippen molar-refractivity contribution in [1.82, 2.24) is 4.90 Å². The van der Waals surface area contributed by atoms with E-state index >= 15 is 0 Å². The van der Waals surface area contributed by atoms with Crippen LogP contribution in [0.2, 0.25) is 0 Å². The van der Waals surface area contributed by atoms with E-state index in [9.17, 15) is 14.7 Å². The lowest BCUT2D eigenvalue weighted by molar-refractivity contribution is -0.184. The van der Waals surface area contributed by atoms with Crippen molar-refractivity contribution in [1.29, 1.82) is 0 Å². The normalized spacial score (nSPS) is 14.2. The number of carboxylic acids is 1. The van der Waals surface area contributed by atoms with E-state index in [1.807, 2.05) is 13.8 Å². The molecule has 0 saturated heterocycles. The topological polar surface area (TPSA) is 76.1 Å². The van der Waals surface area contributed by atoms with Crippen LogP contribution in [0.5, 0.6) is 0 Å². The van der Waals surface area contributed by atoms with Gasteiger partial charge < -0.3 is 14.6 Å². The smallest absolute Gasteiger partial charge is 0.413 e. The molecular formula is C13H26ClNO5. The van der Waals surface area contributed by atoms with Gasteiger partial charge in [-0.25, -0.2) is 9.59 Å². The Morgan fingerprint density at radius 3 is 1.90 bits per heavy atom. The summed E-state index contributed by atoms with van der Waals surface area (Å²) in [6, 6.07) is 0. The van der Waals surface area contributed by atoms with E-state index < -0.39 is 23.4 Å². The minimum atomic E-state index is -1.74. The Kier molecular flexibility index (Phi) is 8.18. The minimum absolute atomic E-state index is 0. The summed E-state index contributed by atoms with van der Waals surface area (Å²) in [6.45, 7) is 10.5. The zero-order chi connectivity index (χ0) is 15.4. The Bertz CT molecular complexity index is 340. The van der Waals surface area contributed by atoms with Gasteiger partial charge in [0.1, 0.15) is 5.60 Å². The molecule has 0 fully saturated rings. The fourth-order valence-corrected chi connectivity index (χ4v) is 1.42. The van der Waals surface area contributed by atoms with Crippen LogP contribution in [0.15, 0.2) is 0 Å². The first kappa shape index (κ1) is 21.3. The summed E-state index contributed by atoms with van der Waals surface area (Å²) in [6.07, 6.45) is -0.701. The Balaban J connectivity index is 0. The molecule has 0 aromatic rings. The summed E-state index contributed by atoms with van der Waals surface area (Å²) in [5, 5.41) is 9.29. The Hall–Kier alpha value is -1.01. The highest BCUT2D eigenvalue weighted by Gasteiger charge is 2.44. The quantitative estimate of drug-likeness (QED) is 0.790. The van der Waals surface area contributed by atoms with Crippen LogP contribution >= 0.6 is 12.4 Å². The molecule has 0 unspecified atom stereocenters. The number of aliphatic carboxylic acids is 1. The summed E-state index contributed by atoms with van der Waals surface area (Å²) in [5.74, 6) is -1.15. The molecular weight excluding hydrogens is 286 g/mol. The van der Waals surface area contributed by atoms with Crippen LogP contribution in [0.3, 0.4) is 0 Å². The van der Waals surface area contributed by atoms with Gasteiger partial charge in [-0.3, -0.25) is 4.90 Å². The first-order valence-corrected chi connectivity index (χ1v) is 6.23. The van der Waals surface area contributed by atoms with Gasteiger partial charge in [0.25, 0.3) is 0 Å². The first-order chi connectivity index (χ1) is 8.44. The van der Waals surface area contributed by atoms with E-state index in [4.69, 9.17) is 9.47 Å². The van der Waals surface area contributed by atoms with Crippen LogP contribution in [-0.2, 0) is 14.3 Å². The summed E-state index contributed by atoms with van der Waals surface area (Å²) in [7, 11) is 1.26. The maximum Gasteiger partial charge on any atom is 0.413 e. The molecule has 0 saturated carbocycles. The first-order valence-electron chi connectivity index (χ1n) is 6.23. The van der Waals surface area contributed by atoms with Crippen molar-refractivity contribution < 1.29 is 24.2 Å². The molecule has 6 nitrogen and oxygen atoms in total. The average Bonchev–Trinajstić information content (AvgIpc) is 2.21. The number of methoxy groups -OCH3 is 1. The molecule has 1 amide bonds. The van der Waals surface area contributed by atoms with Gasteiger partial charge in [-0.2, -0.15) is 0 Å². The van der Waals surface area contributed by atoms with E-state index in [1.165, 1.54) is 14.0 Å². The van der Waals surface area contributed by atoms with Crippen molar-refractivity contribution >= 4 is 24.5 Å². The molecule has 0 radical (unpaired) electrons. The molecule has 120 valence electrons. The maximum absolute atomic E-state index is 12.2. The highest BCUT2D eigenvalue weighted by molar-refractivity contribution is 5.85. The fraction of sp³-hybridized carbons (Fsp3) is 0.846. The fourth-order valence-electron chi connectivity index (χ4n) is 1.42. The molecule has 0 aromatic heterocycles. The van der Waals surface area contributed by atoms with Crippen molar-refractivity contribution in [3.63, 3.8) is 0 Å². The van der Waals surface area contributed by atoms with Gasteiger partial charge in [0, 0.05) is 13.7 Å². The highest BCUT2D eigenvalue weighted by atomic mass is 35.5. The average molecular weight is 312 g/mol. The van der Waals surface area contributed by atoms with E-state index in [2.05, 4.69) is 0 Å². The molecule has 0 heterocycles. The minimum Gasteiger partial charge on any atom is -0.478 e. The van der Waals surface area contributed by atoms with Gasteiger partial charge in [0.15, 0.2) is 0 Å². The van der Waals surface area contributed by atoms with Crippen molar-refractivity contribution in [2.75, 3.05) is 13.7 Å². The lowest BCUT2D eigenvalue weighted by atomic mass is 10.1. The SMILES string of the molecule is CO[C@](C)(C(=O)O)N(CC(C)C)C(=O)OC(C)(C)C.Cl. The second kappa shape index (κ2) is 7.69. The summed E-state index contributed by atoms with van der Waals surface area (Å²) in [4.78, 5) is 24.6. The van der Waals surface area contributed by atoms with Gasteiger partial charge in [-0.15, -0.1) is 12.4 Å². The van der Waals surface area contributed by atoms with Crippen LogP contribution in [0.1, 0.15) is 41.5 Å². The molecule has 0 aliphatic heterocycles. The second-order valence-electron chi connectivity index (χ2n) is 5.98. The number of carbonyl (C=O) groups excluding carboxylic acids is 1. The lowest BCUT2D eigenvalue weighted by Crippen LogP contribution is -2.58. The third-order valence-corrected chi connectivity index (χ3v) is 2.47. The third-order valence-electron chi connectivity index (χ3n) is 2.47. The van der Waals surface area contributed by atoms with Crippen LogP contribution in [0.4, 0.5) is 4.79 Å². The number of halogens is 1. The number of hydrogen-bond acceptors (Lipinski definition) is 4. The molecule has 0 aromatic carbocycles. The summed E-state index contributed by atoms with van der Waals surface area (Å²) in [5.41, 5.74) is -2.44. The van der Waals surface area contributed by atoms with E-state index in [0.29, 0.717) is 0 Å². The van der Waals surface area contributed by atoms with Crippen molar-refractivity contribution in [2.24, 2.45) is 5.92 Å². The van der Waals surface area contributed by atoms with E-state index in [1.54, 1.807) is 20.8 Å². The predicted molar refractivity (Wildman–Crippen MR) is 78.1 cm³/mol. The standard InChI is InChI=1S/C13H25NO5.ClH/c1-9(2)8-14(11(17)19-12(3,4)5)13(6,18-7)10(15)16;/h9H,8H2,1-7H3,(H,15,16);1H/t13-;/m1./s1. The number of carbonyl (C=O) groups is 2. The molecule has 0 spiro atoms. The highest BCUT2D eigenvalue weighted by Crippen LogP contribution is 2.22. The van der Waals surface area contributed by atoms with Crippen molar-refractivity contribution in [2.45, 2.75) is 52.9 Å². The molecule has 0 rings (SSSR count).